The Morgan fingerprint density at radius 3 is 2.57 bits per heavy atom. The first-order valence-electron chi connectivity index (χ1n) is 9.05. The molecular weight excluding hydrogens is 380 g/mol. The van der Waals surface area contributed by atoms with Crippen molar-refractivity contribution in [1.29, 1.82) is 0 Å². The van der Waals surface area contributed by atoms with Crippen LogP contribution in [-0.2, 0) is 14.8 Å². The van der Waals surface area contributed by atoms with Gasteiger partial charge >= 0.3 is 0 Å². The Balaban J connectivity index is 1.78. The van der Waals surface area contributed by atoms with Crippen molar-refractivity contribution in [2.24, 2.45) is 0 Å². The number of amides is 1. The van der Waals surface area contributed by atoms with Gasteiger partial charge in [-0.3, -0.25) is 4.79 Å². The molecule has 1 aliphatic rings. The highest BCUT2D eigenvalue weighted by molar-refractivity contribution is 7.89. The van der Waals surface area contributed by atoms with Crippen molar-refractivity contribution >= 4 is 15.9 Å². The summed E-state index contributed by atoms with van der Waals surface area (Å²) >= 11 is 0. The van der Waals surface area contributed by atoms with Gasteiger partial charge in [0.25, 0.3) is 5.91 Å². The molecule has 1 amide bonds. The molecule has 8 heteroatoms. The third-order valence-electron chi connectivity index (χ3n) is 4.66. The van der Waals surface area contributed by atoms with Crippen LogP contribution in [0.5, 0.6) is 5.75 Å². The molecule has 1 atom stereocenters. The Hall–Kier alpha value is -2.42. The molecular formula is C20H24N2O5S. The van der Waals surface area contributed by atoms with Gasteiger partial charge in [0, 0.05) is 24.2 Å². The highest BCUT2D eigenvalue weighted by Gasteiger charge is 2.27. The van der Waals surface area contributed by atoms with Crippen molar-refractivity contribution < 1.29 is 22.7 Å². The monoisotopic (exact) mass is 404 g/mol. The molecule has 2 aromatic carbocycles. The van der Waals surface area contributed by atoms with E-state index in [1.165, 1.54) is 16.4 Å². The van der Waals surface area contributed by atoms with Crippen molar-refractivity contribution in [3.63, 3.8) is 0 Å². The topological polar surface area (TPSA) is 84.9 Å². The van der Waals surface area contributed by atoms with Crippen LogP contribution in [0.4, 0.5) is 0 Å². The van der Waals surface area contributed by atoms with Gasteiger partial charge in [-0.25, -0.2) is 8.42 Å². The standard InChI is InChI=1S/C20H24N2O5S/c1-15(18-8-3-4-9-19(18)26-2)21-20(23)16-6-5-7-17(14-16)28(24,25)22-10-12-27-13-11-22/h3-9,14-15H,10-13H2,1-2H3,(H,21,23)/t15-/m0/s1. The van der Waals surface area contributed by atoms with Gasteiger partial charge in [-0.2, -0.15) is 4.31 Å². The number of nitrogens with one attached hydrogen (secondary N) is 1. The predicted molar refractivity (Wildman–Crippen MR) is 105 cm³/mol. The SMILES string of the molecule is COc1ccccc1[C@H](C)NC(=O)c1cccc(S(=O)(=O)N2CCOCC2)c1. The van der Waals surface area contributed by atoms with Crippen LogP contribution >= 0.6 is 0 Å². The number of morpholine rings is 1. The third kappa shape index (κ3) is 4.35. The van der Waals surface area contributed by atoms with Crippen LogP contribution in [0.3, 0.4) is 0 Å². The highest BCUT2D eigenvalue weighted by Crippen LogP contribution is 2.25. The summed E-state index contributed by atoms with van der Waals surface area (Å²) in [5.41, 5.74) is 1.13. The zero-order valence-electron chi connectivity index (χ0n) is 15.9. The molecule has 0 saturated carbocycles. The Labute approximate surface area is 165 Å². The van der Waals surface area contributed by atoms with E-state index in [-0.39, 0.29) is 22.4 Å². The number of hydrogen-bond acceptors (Lipinski definition) is 5. The summed E-state index contributed by atoms with van der Waals surface area (Å²) in [5, 5.41) is 2.90. The molecule has 0 bridgehead atoms. The molecule has 0 spiro atoms. The van der Waals surface area contributed by atoms with E-state index in [9.17, 15) is 13.2 Å². The molecule has 1 N–H and O–H groups in total. The number of carbonyl (C=O) groups is 1. The summed E-state index contributed by atoms with van der Waals surface area (Å²) in [6.07, 6.45) is 0. The summed E-state index contributed by atoms with van der Waals surface area (Å²) in [6, 6.07) is 13.2. The summed E-state index contributed by atoms with van der Waals surface area (Å²) < 4.78 is 37.6. The first-order chi connectivity index (χ1) is 13.4. The molecule has 0 radical (unpaired) electrons. The van der Waals surface area contributed by atoms with Gasteiger partial charge in [-0.05, 0) is 31.2 Å². The smallest absolute Gasteiger partial charge is 0.251 e. The van der Waals surface area contributed by atoms with Gasteiger partial charge in [-0.1, -0.05) is 24.3 Å². The molecule has 2 aromatic rings. The van der Waals surface area contributed by atoms with E-state index in [0.29, 0.717) is 32.1 Å². The molecule has 1 saturated heterocycles. The Morgan fingerprint density at radius 2 is 1.86 bits per heavy atom. The Morgan fingerprint density at radius 1 is 1.14 bits per heavy atom. The minimum Gasteiger partial charge on any atom is -0.496 e. The molecule has 1 aliphatic heterocycles. The van der Waals surface area contributed by atoms with Gasteiger partial charge in [0.2, 0.25) is 10.0 Å². The van der Waals surface area contributed by atoms with Crippen LogP contribution in [-0.4, -0.2) is 52.0 Å². The molecule has 7 nitrogen and oxygen atoms in total. The molecule has 3 rings (SSSR count). The van der Waals surface area contributed by atoms with E-state index >= 15 is 0 Å². The third-order valence-corrected chi connectivity index (χ3v) is 6.55. The van der Waals surface area contributed by atoms with Crippen LogP contribution in [0.15, 0.2) is 53.4 Å². The van der Waals surface area contributed by atoms with Crippen molar-refractivity contribution in [3.8, 4) is 5.75 Å². The fourth-order valence-corrected chi connectivity index (χ4v) is 4.57. The number of carbonyl (C=O) groups excluding carboxylic acids is 1. The molecule has 0 aromatic heterocycles. The van der Waals surface area contributed by atoms with Gasteiger partial charge in [0.05, 0.1) is 31.3 Å². The minimum absolute atomic E-state index is 0.104. The second kappa shape index (κ2) is 8.72. The lowest BCUT2D eigenvalue weighted by Gasteiger charge is -2.26. The van der Waals surface area contributed by atoms with Gasteiger partial charge in [0.15, 0.2) is 0 Å². The Bertz CT molecular complexity index is 939. The Kier molecular flexibility index (Phi) is 6.33. The van der Waals surface area contributed by atoms with Crippen LogP contribution < -0.4 is 10.1 Å². The number of hydrogen-bond donors (Lipinski definition) is 1. The largest absolute Gasteiger partial charge is 0.496 e. The molecule has 28 heavy (non-hydrogen) atoms. The van der Waals surface area contributed by atoms with Crippen LogP contribution in [0.25, 0.3) is 0 Å². The number of methoxy groups -OCH3 is 1. The maximum atomic E-state index is 12.8. The average Bonchev–Trinajstić information content (AvgIpc) is 2.74. The van der Waals surface area contributed by atoms with Crippen LogP contribution in [0, 0.1) is 0 Å². The quantitative estimate of drug-likeness (QED) is 0.798. The summed E-state index contributed by atoms with van der Waals surface area (Å²) in [5.74, 6) is 0.330. The maximum Gasteiger partial charge on any atom is 0.251 e. The minimum atomic E-state index is -3.66. The zero-order chi connectivity index (χ0) is 20.1. The lowest BCUT2D eigenvalue weighted by Crippen LogP contribution is -2.40. The van der Waals surface area contributed by atoms with Gasteiger partial charge < -0.3 is 14.8 Å². The lowest BCUT2D eigenvalue weighted by molar-refractivity contribution is 0.0730. The number of benzene rings is 2. The van der Waals surface area contributed by atoms with Gasteiger partial charge in [0.1, 0.15) is 5.75 Å². The van der Waals surface area contributed by atoms with Crippen LogP contribution in [0.1, 0.15) is 28.9 Å². The number of nitrogens with zero attached hydrogens (tertiary/aromatic N) is 1. The van der Waals surface area contributed by atoms with E-state index in [0.717, 1.165) is 5.56 Å². The van der Waals surface area contributed by atoms with E-state index in [4.69, 9.17) is 9.47 Å². The summed E-state index contributed by atoms with van der Waals surface area (Å²) in [6.45, 7) is 3.21. The lowest BCUT2D eigenvalue weighted by atomic mass is 10.1. The van der Waals surface area contributed by atoms with Gasteiger partial charge in [-0.15, -0.1) is 0 Å². The molecule has 1 fully saturated rings. The number of rotatable bonds is 6. The van der Waals surface area contributed by atoms with Crippen molar-refractivity contribution in [3.05, 3.63) is 59.7 Å². The second-order valence-corrected chi connectivity index (χ2v) is 8.42. The predicted octanol–water partition coefficient (Wildman–Crippen LogP) is 2.21. The average molecular weight is 404 g/mol. The van der Waals surface area contributed by atoms with Crippen molar-refractivity contribution in [2.75, 3.05) is 33.4 Å². The van der Waals surface area contributed by atoms with Crippen LogP contribution in [0.2, 0.25) is 0 Å². The summed E-state index contributed by atoms with van der Waals surface area (Å²) in [4.78, 5) is 12.8. The summed E-state index contributed by atoms with van der Waals surface area (Å²) in [7, 11) is -2.08. The molecule has 0 aliphatic carbocycles. The zero-order valence-corrected chi connectivity index (χ0v) is 16.7. The number of para-hydroxylation sites is 1. The van der Waals surface area contributed by atoms with E-state index in [1.54, 1.807) is 19.2 Å². The maximum absolute atomic E-state index is 12.8. The first-order valence-corrected chi connectivity index (χ1v) is 10.5. The van der Waals surface area contributed by atoms with Crippen molar-refractivity contribution in [1.82, 2.24) is 9.62 Å². The van der Waals surface area contributed by atoms with E-state index in [2.05, 4.69) is 5.32 Å². The highest BCUT2D eigenvalue weighted by atomic mass is 32.2. The normalized spacial score (nSPS) is 16.4. The number of ether oxygens (including phenoxy) is 2. The molecule has 150 valence electrons. The second-order valence-electron chi connectivity index (χ2n) is 6.48. The molecule has 0 unspecified atom stereocenters. The molecule has 1 heterocycles. The van der Waals surface area contributed by atoms with Crippen molar-refractivity contribution in [2.45, 2.75) is 17.9 Å². The van der Waals surface area contributed by atoms with E-state index < -0.39 is 10.0 Å². The first kappa shape index (κ1) is 20.3. The number of sulfonamides is 1. The van der Waals surface area contributed by atoms with E-state index in [1.807, 2.05) is 31.2 Å². The fraction of sp³-hybridized carbons (Fsp3) is 0.350. The fourth-order valence-electron chi connectivity index (χ4n) is 3.12.